The predicted octanol–water partition coefficient (Wildman–Crippen LogP) is 2.65. The molecule has 1 atom stereocenters. The van der Waals surface area contributed by atoms with E-state index < -0.39 is 0 Å². The average molecular weight is 235 g/mol. The number of benzene rings is 1. The molecule has 1 aromatic rings. The summed E-state index contributed by atoms with van der Waals surface area (Å²) >= 11 is 0. The molecule has 0 aliphatic rings. The molecule has 0 aromatic heterocycles. The van der Waals surface area contributed by atoms with Crippen molar-refractivity contribution in [2.75, 3.05) is 7.11 Å². The third-order valence-electron chi connectivity index (χ3n) is 3.08. The first-order valence-electron chi connectivity index (χ1n) is 5.94. The molecule has 3 heteroatoms. The fourth-order valence-electron chi connectivity index (χ4n) is 1.73. The van der Waals surface area contributed by atoms with Gasteiger partial charge in [-0.05, 0) is 43.4 Å². The summed E-state index contributed by atoms with van der Waals surface area (Å²) in [6.07, 6.45) is 2.01. The highest BCUT2D eigenvalue weighted by atomic mass is 16.5. The van der Waals surface area contributed by atoms with Crippen LogP contribution >= 0.6 is 0 Å². The van der Waals surface area contributed by atoms with Crippen LogP contribution in [-0.2, 0) is 9.53 Å². The van der Waals surface area contributed by atoms with Crippen molar-refractivity contribution >= 4 is 5.97 Å². The van der Waals surface area contributed by atoms with Gasteiger partial charge >= 0.3 is 5.97 Å². The zero-order valence-electron chi connectivity index (χ0n) is 10.8. The van der Waals surface area contributed by atoms with Gasteiger partial charge in [-0.1, -0.05) is 18.2 Å². The van der Waals surface area contributed by atoms with Gasteiger partial charge in [0.15, 0.2) is 0 Å². The maximum absolute atomic E-state index is 11.0. The molecular formula is C14H21NO2. The van der Waals surface area contributed by atoms with Crippen LogP contribution in [-0.4, -0.2) is 13.1 Å². The van der Waals surface area contributed by atoms with Crippen LogP contribution in [0.5, 0.6) is 0 Å². The Morgan fingerprint density at radius 1 is 1.35 bits per heavy atom. The zero-order valence-corrected chi connectivity index (χ0v) is 10.8. The summed E-state index contributed by atoms with van der Waals surface area (Å²) in [4.78, 5) is 11.0. The van der Waals surface area contributed by atoms with E-state index in [0.717, 1.165) is 18.4 Å². The van der Waals surface area contributed by atoms with Crippen molar-refractivity contribution in [1.29, 1.82) is 0 Å². The van der Waals surface area contributed by atoms with Crippen LogP contribution in [0.25, 0.3) is 0 Å². The molecule has 0 bridgehead atoms. The number of hydrogen-bond donors (Lipinski definition) is 1. The number of carbonyl (C=O) groups excluding carboxylic acids is 1. The normalized spacial score (nSPS) is 12.2. The van der Waals surface area contributed by atoms with Gasteiger partial charge in [-0.15, -0.1) is 0 Å². The highest BCUT2D eigenvalue weighted by Crippen LogP contribution is 2.19. The summed E-state index contributed by atoms with van der Waals surface area (Å²) in [7, 11) is 1.41. The van der Waals surface area contributed by atoms with Crippen molar-refractivity contribution in [3.63, 3.8) is 0 Å². The molecule has 0 aliphatic heterocycles. The Bertz CT molecular complexity index is 388. The molecule has 17 heavy (non-hydrogen) atoms. The Morgan fingerprint density at radius 2 is 2.06 bits per heavy atom. The van der Waals surface area contributed by atoms with Crippen LogP contribution < -0.4 is 5.73 Å². The summed E-state index contributed by atoms with van der Waals surface area (Å²) in [6.45, 7) is 4.17. The van der Waals surface area contributed by atoms with Gasteiger partial charge in [-0.2, -0.15) is 0 Å². The molecule has 0 radical (unpaired) electrons. The molecule has 0 aliphatic carbocycles. The minimum absolute atomic E-state index is 0.000967. The first-order chi connectivity index (χ1) is 8.04. The molecule has 0 spiro atoms. The molecule has 1 rings (SSSR count). The fraction of sp³-hybridized carbons (Fsp3) is 0.500. The van der Waals surface area contributed by atoms with E-state index in [4.69, 9.17) is 5.73 Å². The van der Waals surface area contributed by atoms with Gasteiger partial charge in [0.2, 0.25) is 0 Å². The fourth-order valence-corrected chi connectivity index (χ4v) is 1.73. The highest BCUT2D eigenvalue weighted by Gasteiger charge is 2.08. The van der Waals surface area contributed by atoms with Crippen molar-refractivity contribution in [2.24, 2.45) is 5.73 Å². The van der Waals surface area contributed by atoms with Crippen molar-refractivity contribution in [3.8, 4) is 0 Å². The summed E-state index contributed by atoms with van der Waals surface area (Å²) in [5.74, 6) is -0.169. The van der Waals surface area contributed by atoms with E-state index >= 15 is 0 Å². The summed E-state index contributed by atoms with van der Waals surface area (Å²) < 4.78 is 4.59. The highest BCUT2D eigenvalue weighted by molar-refractivity contribution is 5.69. The number of carbonyl (C=O) groups is 1. The largest absolute Gasteiger partial charge is 0.469 e. The third kappa shape index (κ3) is 4.19. The van der Waals surface area contributed by atoms with E-state index in [9.17, 15) is 4.79 Å². The lowest BCUT2D eigenvalue weighted by atomic mass is 9.98. The Labute approximate surface area is 103 Å². The van der Waals surface area contributed by atoms with Crippen LogP contribution in [0, 0.1) is 13.8 Å². The minimum Gasteiger partial charge on any atom is -0.469 e. The summed E-state index contributed by atoms with van der Waals surface area (Å²) in [6, 6.07) is 6.27. The standard InChI is InChI=1S/C14H21NO2/c1-10-7-8-12(9-11(10)2)13(15)5-4-6-14(16)17-3/h7-9,13H,4-6,15H2,1-3H3. The lowest BCUT2D eigenvalue weighted by molar-refractivity contribution is -0.140. The first-order valence-corrected chi connectivity index (χ1v) is 5.94. The lowest BCUT2D eigenvalue weighted by Crippen LogP contribution is -2.11. The van der Waals surface area contributed by atoms with E-state index in [-0.39, 0.29) is 12.0 Å². The molecule has 0 heterocycles. The second kappa shape index (κ2) is 6.40. The average Bonchev–Trinajstić information content (AvgIpc) is 2.32. The maximum Gasteiger partial charge on any atom is 0.305 e. The summed E-state index contributed by atoms with van der Waals surface area (Å²) in [5.41, 5.74) is 9.76. The SMILES string of the molecule is COC(=O)CCCC(N)c1ccc(C)c(C)c1. The molecule has 1 unspecified atom stereocenters. The number of methoxy groups -OCH3 is 1. The van der Waals surface area contributed by atoms with Crippen molar-refractivity contribution in [2.45, 2.75) is 39.2 Å². The van der Waals surface area contributed by atoms with Gasteiger partial charge < -0.3 is 10.5 Å². The van der Waals surface area contributed by atoms with E-state index in [1.165, 1.54) is 18.2 Å². The van der Waals surface area contributed by atoms with E-state index in [1.54, 1.807) is 0 Å². The number of esters is 1. The molecule has 3 nitrogen and oxygen atoms in total. The molecular weight excluding hydrogens is 214 g/mol. The summed E-state index contributed by atoms with van der Waals surface area (Å²) in [5, 5.41) is 0. The molecule has 0 saturated carbocycles. The van der Waals surface area contributed by atoms with Gasteiger partial charge in [0.25, 0.3) is 0 Å². The molecule has 94 valence electrons. The zero-order chi connectivity index (χ0) is 12.8. The Hall–Kier alpha value is -1.35. The van der Waals surface area contributed by atoms with E-state index in [1.807, 2.05) is 0 Å². The predicted molar refractivity (Wildman–Crippen MR) is 68.7 cm³/mol. The second-order valence-electron chi connectivity index (χ2n) is 4.42. The van der Waals surface area contributed by atoms with Gasteiger partial charge in [-0.25, -0.2) is 0 Å². The maximum atomic E-state index is 11.0. The minimum atomic E-state index is -0.169. The van der Waals surface area contributed by atoms with E-state index in [0.29, 0.717) is 6.42 Å². The number of rotatable bonds is 5. The molecule has 0 saturated heterocycles. The molecule has 1 aromatic carbocycles. The van der Waals surface area contributed by atoms with Crippen molar-refractivity contribution < 1.29 is 9.53 Å². The topological polar surface area (TPSA) is 52.3 Å². The first kappa shape index (κ1) is 13.7. The van der Waals surface area contributed by atoms with Crippen LogP contribution in [0.15, 0.2) is 18.2 Å². The second-order valence-corrected chi connectivity index (χ2v) is 4.42. The monoisotopic (exact) mass is 235 g/mol. The van der Waals surface area contributed by atoms with Gasteiger partial charge in [0, 0.05) is 12.5 Å². The van der Waals surface area contributed by atoms with Crippen LogP contribution in [0.2, 0.25) is 0 Å². The van der Waals surface area contributed by atoms with Crippen molar-refractivity contribution in [1.82, 2.24) is 0 Å². The van der Waals surface area contributed by atoms with Gasteiger partial charge in [-0.3, -0.25) is 4.79 Å². The molecule has 0 fully saturated rings. The number of hydrogen-bond acceptors (Lipinski definition) is 3. The van der Waals surface area contributed by atoms with Gasteiger partial charge in [0.05, 0.1) is 7.11 Å². The quantitative estimate of drug-likeness (QED) is 0.798. The third-order valence-corrected chi connectivity index (χ3v) is 3.08. The van der Waals surface area contributed by atoms with Crippen LogP contribution in [0.4, 0.5) is 0 Å². The smallest absolute Gasteiger partial charge is 0.305 e. The Morgan fingerprint density at radius 3 is 2.65 bits per heavy atom. The number of ether oxygens (including phenoxy) is 1. The lowest BCUT2D eigenvalue weighted by Gasteiger charge is -2.13. The number of aryl methyl sites for hydroxylation is 2. The van der Waals surface area contributed by atoms with Crippen LogP contribution in [0.1, 0.15) is 42.0 Å². The van der Waals surface area contributed by atoms with Gasteiger partial charge in [0.1, 0.15) is 0 Å². The Balaban J connectivity index is 2.49. The number of nitrogens with two attached hydrogens (primary N) is 1. The van der Waals surface area contributed by atoms with Crippen molar-refractivity contribution in [3.05, 3.63) is 34.9 Å². The Kier molecular flexibility index (Phi) is 5.16. The molecule has 0 amide bonds. The van der Waals surface area contributed by atoms with Crippen LogP contribution in [0.3, 0.4) is 0 Å². The molecule has 2 N–H and O–H groups in total. The van der Waals surface area contributed by atoms with E-state index in [2.05, 4.69) is 36.8 Å².